The average molecular weight is 323 g/mol. The van der Waals surface area contributed by atoms with Crippen LogP contribution in [0.1, 0.15) is 25.7 Å². The normalized spacial score (nSPS) is 18.7. The fourth-order valence-corrected chi connectivity index (χ4v) is 3.06. The molecule has 1 aliphatic carbocycles. The summed E-state index contributed by atoms with van der Waals surface area (Å²) in [6.07, 6.45) is 3.74. The number of ether oxygens (including phenoxy) is 1. The Kier molecular flexibility index (Phi) is 4.21. The van der Waals surface area contributed by atoms with E-state index in [1.807, 2.05) is 0 Å². The first-order valence-corrected chi connectivity index (χ1v) is 7.96. The highest BCUT2D eigenvalue weighted by Crippen LogP contribution is 2.32. The Morgan fingerprint density at radius 1 is 1.14 bits per heavy atom. The molecule has 0 radical (unpaired) electrons. The third-order valence-corrected chi connectivity index (χ3v) is 5.07. The Hall–Kier alpha value is -1.28. The van der Waals surface area contributed by atoms with E-state index >= 15 is 0 Å². The van der Waals surface area contributed by atoms with Gasteiger partial charge in [-0.2, -0.15) is 13.2 Å². The van der Waals surface area contributed by atoms with Crippen molar-refractivity contribution in [2.24, 2.45) is 5.73 Å². The van der Waals surface area contributed by atoms with Crippen molar-refractivity contribution in [1.82, 2.24) is 0 Å². The molecule has 1 aromatic rings. The molecular weight excluding hydrogens is 307 g/mol. The molecule has 0 atom stereocenters. The fourth-order valence-electron chi connectivity index (χ4n) is 2.30. The zero-order chi connectivity index (χ0) is 15.7. The molecule has 2 rings (SSSR count). The minimum atomic E-state index is -5.32. The average Bonchev–Trinajstić information content (AvgIpc) is 2.83. The largest absolute Gasteiger partial charge is 0.501 e. The van der Waals surface area contributed by atoms with Gasteiger partial charge in [-0.3, -0.25) is 0 Å². The van der Waals surface area contributed by atoms with E-state index < -0.39 is 25.8 Å². The molecule has 0 saturated heterocycles. The topological polar surface area (TPSA) is 69.4 Å². The van der Waals surface area contributed by atoms with Crippen LogP contribution in [0.2, 0.25) is 0 Å². The summed E-state index contributed by atoms with van der Waals surface area (Å²) < 4.78 is 65.0. The molecule has 8 heteroatoms. The molecular formula is C13H16F3NO3S. The third-order valence-electron chi connectivity index (χ3n) is 3.56. The molecule has 0 amide bonds. The zero-order valence-electron chi connectivity index (χ0n) is 11.2. The van der Waals surface area contributed by atoms with Crippen LogP contribution in [0, 0.1) is 0 Å². The maximum Gasteiger partial charge on any atom is 0.501 e. The number of benzene rings is 1. The van der Waals surface area contributed by atoms with E-state index in [-0.39, 0.29) is 6.61 Å². The number of alkyl halides is 3. The quantitative estimate of drug-likeness (QED) is 0.925. The van der Waals surface area contributed by atoms with Crippen LogP contribution in [0.25, 0.3) is 0 Å². The number of halogens is 3. The molecule has 1 aromatic carbocycles. The van der Waals surface area contributed by atoms with Crippen molar-refractivity contribution >= 4 is 9.84 Å². The summed E-state index contributed by atoms with van der Waals surface area (Å²) in [5, 5.41) is 0. The summed E-state index contributed by atoms with van der Waals surface area (Å²) in [4.78, 5) is -0.800. The van der Waals surface area contributed by atoms with Gasteiger partial charge in [0, 0.05) is 0 Å². The molecule has 1 aliphatic rings. The highest BCUT2D eigenvalue weighted by atomic mass is 32.2. The zero-order valence-corrected chi connectivity index (χ0v) is 12.0. The Bertz CT molecular complexity index is 590. The highest BCUT2D eigenvalue weighted by Gasteiger charge is 2.46. The molecule has 1 saturated carbocycles. The number of hydrogen-bond donors (Lipinski definition) is 1. The first-order chi connectivity index (χ1) is 9.64. The Morgan fingerprint density at radius 2 is 1.67 bits per heavy atom. The van der Waals surface area contributed by atoms with E-state index in [0.29, 0.717) is 5.75 Å². The van der Waals surface area contributed by atoms with E-state index in [0.717, 1.165) is 37.8 Å². The van der Waals surface area contributed by atoms with Gasteiger partial charge in [-0.05, 0) is 37.1 Å². The minimum absolute atomic E-state index is 0.262. The Morgan fingerprint density at radius 3 is 2.14 bits per heavy atom. The number of nitrogens with two attached hydrogens (primary N) is 1. The number of hydrogen-bond acceptors (Lipinski definition) is 4. The van der Waals surface area contributed by atoms with Gasteiger partial charge in [0.05, 0.1) is 10.4 Å². The van der Waals surface area contributed by atoms with Crippen molar-refractivity contribution in [2.45, 2.75) is 41.6 Å². The van der Waals surface area contributed by atoms with Crippen LogP contribution in [-0.4, -0.2) is 26.1 Å². The second-order valence-electron chi connectivity index (χ2n) is 5.28. The van der Waals surface area contributed by atoms with E-state index in [4.69, 9.17) is 10.5 Å². The van der Waals surface area contributed by atoms with Crippen LogP contribution in [-0.2, 0) is 9.84 Å². The van der Waals surface area contributed by atoms with Gasteiger partial charge in [-0.15, -0.1) is 0 Å². The van der Waals surface area contributed by atoms with E-state index in [2.05, 4.69) is 0 Å². The predicted octanol–water partition coefficient (Wildman–Crippen LogP) is 2.63. The van der Waals surface area contributed by atoms with Gasteiger partial charge in [-0.25, -0.2) is 8.42 Å². The van der Waals surface area contributed by atoms with Crippen molar-refractivity contribution in [3.8, 4) is 5.75 Å². The van der Waals surface area contributed by atoms with Gasteiger partial charge < -0.3 is 10.5 Å². The lowest BCUT2D eigenvalue weighted by Crippen LogP contribution is -2.42. The second-order valence-corrected chi connectivity index (χ2v) is 7.22. The SMILES string of the molecule is NC1(COc2ccc(S(=O)(=O)C(F)(F)F)cc2)CCCC1. The van der Waals surface area contributed by atoms with Crippen LogP contribution in [0.15, 0.2) is 29.2 Å². The Balaban J connectivity index is 2.06. The standard InChI is InChI=1S/C13H16F3NO3S/c14-13(15,16)21(18,19)11-5-3-10(4-6-11)20-9-12(17)7-1-2-8-12/h3-6H,1-2,7-9,17H2. The van der Waals surface area contributed by atoms with Crippen LogP contribution in [0.5, 0.6) is 5.75 Å². The summed E-state index contributed by atoms with van der Waals surface area (Å²) in [5.41, 5.74) is 0.382. The molecule has 118 valence electrons. The van der Waals surface area contributed by atoms with Gasteiger partial charge >= 0.3 is 5.51 Å². The van der Waals surface area contributed by atoms with Crippen molar-refractivity contribution in [2.75, 3.05) is 6.61 Å². The van der Waals surface area contributed by atoms with Gasteiger partial charge in [0.1, 0.15) is 12.4 Å². The molecule has 2 N–H and O–H groups in total. The lowest BCUT2D eigenvalue weighted by Gasteiger charge is -2.23. The summed E-state index contributed by atoms with van der Waals surface area (Å²) in [5.74, 6) is 0.299. The van der Waals surface area contributed by atoms with Crippen molar-refractivity contribution in [3.05, 3.63) is 24.3 Å². The van der Waals surface area contributed by atoms with E-state index in [9.17, 15) is 21.6 Å². The first kappa shape index (κ1) is 16.1. The molecule has 1 fully saturated rings. The summed E-state index contributed by atoms with van der Waals surface area (Å²) in [6.45, 7) is 0.262. The number of rotatable bonds is 4. The van der Waals surface area contributed by atoms with Crippen LogP contribution in [0.3, 0.4) is 0 Å². The number of sulfone groups is 1. The summed E-state index contributed by atoms with van der Waals surface area (Å²) >= 11 is 0. The van der Waals surface area contributed by atoms with Crippen molar-refractivity contribution in [3.63, 3.8) is 0 Å². The molecule has 0 unspecified atom stereocenters. The van der Waals surface area contributed by atoms with E-state index in [1.54, 1.807) is 0 Å². The van der Waals surface area contributed by atoms with Crippen LogP contribution >= 0.6 is 0 Å². The van der Waals surface area contributed by atoms with Gasteiger partial charge in [-0.1, -0.05) is 12.8 Å². The first-order valence-electron chi connectivity index (χ1n) is 6.47. The summed E-state index contributed by atoms with van der Waals surface area (Å²) in [6, 6.07) is 4.18. The Labute approximate surface area is 121 Å². The van der Waals surface area contributed by atoms with E-state index in [1.165, 1.54) is 12.1 Å². The van der Waals surface area contributed by atoms with Crippen LogP contribution < -0.4 is 10.5 Å². The molecule has 21 heavy (non-hydrogen) atoms. The monoisotopic (exact) mass is 323 g/mol. The molecule has 0 aromatic heterocycles. The molecule has 0 spiro atoms. The third kappa shape index (κ3) is 3.49. The molecule has 0 heterocycles. The highest BCUT2D eigenvalue weighted by molar-refractivity contribution is 7.92. The lowest BCUT2D eigenvalue weighted by molar-refractivity contribution is -0.0436. The van der Waals surface area contributed by atoms with Gasteiger partial charge in [0.25, 0.3) is 9.84 Å². The predicted molar refractivity (Wildman–Crippen MR) is 70.6 cm³/mol. The van der Waals surface area contributed by atoms with Crippen molar-refractivity contribution < 1.29 is 26.3 Å². The fraction of sp³-hybridized carbons (Fsp3) is 0.538. The maximum atomic E-state index is 12.4. The van der Waals surface area contributed by atoms with Crippen molar-refractivity contribution in [1.29, 1.82) is 0 Å². The molecule has 0 aliphatic heterocycles. The maximum absolute atomic E-state index is 12.4. The minimum Gasteiger partial charge on any atom is -0.492 e. The molecule has 4 nitrogen and oxygen atoms in total. The van der Waals surface area contributed by atoms with Crippen LogP contribution in [0.4, 0.5) is 13.2 Å². The summed E-state index contributed by atoms with van der Waals surface area (Å²) in [7, 11) is -5.32. The lowest BCUT2D eigenvalue weighted by atomic mass is 10.0. The van der Waals surface area contributed by atoms with Gasteiger partial charge in [0.15, 0.2) is 0 Å². The van der Waals surface area contributed by atoms with Gasteiger partial charge in [0.2, 0.25) is 0 Å². The molecule has 0 bridgehead atoms. The smallest absolute Gasteiger partial charge is 0.492 e. The second kappa shape index (κ2) is 5.49.